The lowest BCUT2D eigenvalue weighted by Crippen LogP contribution is -2.12. The molecule has 1 heterocycles. The van der Waals surface area contributed by atoms with Crippen molar-refractivity contribution < 1.29 is 0 Å². The van der Waals surface area contributed by atoms with Gasteiger partial charge in [0.25, 0.3) is 0 Å². The van der Waals surface area contributed by atoms with Crippen LogP contribution in [0.2, 0.25) is 0 Å². The van der Waals surface area contributed by atoms with Crippen molar-refractivity contribution >= 4 is 11.8 Å². The molecule has 1 saturated carbocycles. The van der Waals surface area contributed by atoms with Gasteiger partial charge in [-0.2, -0.15) is 5.26 Å². The van der Waals surface area contributed by atoms with Crippen molar-refractivity contribution in [2.75, 3.05) is 0 Å². The zero-order valence-electron chi connectivity index (χ0n) is 13.8. The number of hydrogen-bond donors (Lipinski definition) is 0. The topological polar surface area (TPSA) is 54.5 Å². The van der Waals surface area contributed by atoms with Gasteiger partial charge in [-0.25, -0.2) is 0 Å². The summed E-state index contributed by atoms with van der Waals surface area (Å²) in [6, 6.07) is 9.98. The first-order valence-electron chi connectivity index (χ1n) is 8.48. The summed E-state index contributed by atoms with van der Waals surface area (Å²) in [5.74, 6) is 2.35. The van der Waals surface area contributed by atoms with E-state index < -0.39 is 0 Å². The average Bonchev–Trinajstić information content (AvgIpc) is 3.04. The maximum Gasteiger partial charge on any atom is 0.191 e. The highest BCUT2D eigenvalue weighted by molar-refractivity contribution is 7.98. The van der Waals surface area contributed by atoms with Crippen LogP contribution in [-0.4, -0.2) is 14.8 Å². The molecule has 0 atom stereocenters. The minimum Gasteiger partial charge on any atom is -0.302 e. The number of rotatable bonds is 6. The van der Waals surface area contributed by atoms with E-state index in [4.69, 9.17) is 0 Å². The third kappa shape index (κ3) is 3.70. The zero-order valence-corrected chi connectivity index (χ0v) is 14.6. The molecule has 2 aromatic rings. The number of benzene rings is 1. The van der Waals surface area contributed by atoms with E-state index in [1.54, 1.807) is 11.8 Å². The molecule has 5 heteroatoms. The summed E-state index contributed by atoms with van der Waals surface area (Å²) in [5.41, 5.74) is 1.77. The maximum absolute atomic E-state index is 9.22. The van der Waals surface area contributed by atoms with Crippen molar-refractivity contribution in [2.24, 2.45) is 0 Å². The van der Waals surface area contributed by atoms with Crippen LogP contribution in [-0.2, 0) is 12.3 Å². The lowest BCUT2D eigenvalue weighted by atomic mass is 9.89. The Morgan fingerprint density at radius 2 is 2.04 bits per heavy atom. The minimum absolute atomic E-state index is 0.520. The largest absolute Gasteiger partial charge is 0.302 e. The fourth-order valence-electron chi connectivity index (χ4n) is 3.27. The minimum atomic E-state index is 0.520. The van der Waals surface area contributed by atoms with Gasteiger partial charge in [0, 0.05) is 18.2 Å². The second-order valence-electron chi connectivity index (χ2n) is 6.13. The van der Waals surface area contributed by atoms with Crippen molar-refractivity contribution in [3.8, 4) is 6.07 Å². The normalized spacial score (nSPS) is 15.1. The van der Waals surface area contributed by atoms with Crippen LogP contribution in [0.25, 0.3) is 0 Å². The predicted octanol–water partition coefficient (Wildman–Crippen LogP) is 4.68. The second kappa shape index (κ2) is 8.16. The quantitative estimate of drug-likeness (QED) is 0.567. The first kappa shape index (κ1) is 16.8. The summed E-state index contributed by atoms with van der Waals surface area (Å²) < 4.78 is 2.20. The van der Waals surface area contributed by atoms with E-state index in [2.05, 4.69) is 27.4 Å². The summed E-state index contributed by atoms with van der Waals surface area (Å²) in [7, 11) is 0. The van der Waals surface area contributed by atoms with Gasteiger partial charge in [0.05, 0.1) is 11.6 Å². The van der Waals surface area contributed by atoms with Gasteiger partial charge >= 0.3 is 0 Å². The zero-order chi connectivity index (χ0) is 16.8. The Balaban J connectivity index is 1.79. The van der Waals surface area contributed by atoms with Crippen molar-refractivity contribution in [1.29, 1.82) is 5.26 Å². The van der Waals surface area contributed by atoms with E-state index >= 15 is 0 Å². The molecule has 0 unspecified atom stereocenters. The van der Waals surface area contributed by atoms with E-state index in [1.165, 1.54) is 32.1 Å². The van der Waals surface area contributed by atoms with Gasteiger partial charge in [-0.3, -0.25) is 0 Å². The Morgan fingerprint density at radius 3 is 2.79 bits per heavy atom. The van der Waals surface area contributed by atoms with Gasteiger partial charge in [-0.1, -0.05) is 55.3 Å². The standard InChI is InChI=1S/C19H22N4S/c1-2-12-23-18(15-8-4-3-5-9-15)21-22-19(23)24-14-17-11-7-6-10-16(17)13-20/h2,6-7,10-11,15H,1,3-5,8-9,12,14H2. The molecule has 3 rings (SSSR count). The smallest absolute Gasteiger partial charge is 0.191 e. The van der Waals surface area contributed by atoms with Gasteiger partial charge in [0.15, 0.2) is 5.16 Å². The molecule has 0 N–H and O–H groups in total. The molecule has 4 nitrogen and oxygen atoms in total. The highest BCUT2D eigenvalue weighted by Gasteiger charge is 2.23. The van der Waals surface area contributed by atoms with E-state index in [-0.39, 0.29) is 0 Å². The number of nitrogens with zero attached hydrogens (tertiary/aromatic N) is 4. The van der Waals surface area contributed by atoms with Gasteiger partial charge in [-0.05, 0) is 24.5 Å². The molecule has 0 bridgehead atoms. The number of aromatic nitrogens is 3. The summed E-state index contributed by atoms with van der Waals surface area (Å²) in [5, 5.41) is 19.1. The highest BCUT2D eigenvalue weighted by atomic mass is 32.2. The number of thioether (sulfide) groups is 1. The molecule has 124 valence electrons. The van der Waals surface area contributed by atoms with Crippen LogP contribution in [0.5, 0.6) is 0 Å². The molecule has 24 heavy (non-hydrogen) atoms. The molecule has 1 aliphatic carbocycles. The number of allylic oxidation sites excluding steroid dienone is 1. The molecule has 0 aliphatic heterocycles. The van der Waals surface area contributed by atoms with Crippen LogP contribution in [0.3, 0.4) is 0 Å². The molecule has 1 aromatic heterocycles. The first-order valence-corrected chi connectivity index (χ1v) is 9.47. The molecule has 1 fully saturated rings. The van der Waals surface area contributed by atoms with Gasteiger partial charge in [0.1, 0.15) is 5.82 Å². The van der Waals surface area contributed by atoms with Crippen molar-refractivity contribution in [3.63, 3.8) is 0 Å². The molecule has 1 aromatic carbocycles. The molecular formula is C19H22N4S. The van der Waals surface area contributed by atoms with Crippen LogP contribution >= 0.6 is 11.8 Å². The number of nitriles is 1. The van der Waals surface area contributed by atoms with E-state index in [0.717, 1.165) is 34.4 Å². The Morgan fingerprint density at radius 1 is 1.25 bits per heavy atom. The highest BCUT2D eigenvalue weighted by Crippen LogP contribution is 2.33. The Kier molecular flexibility index (Phi) is 5.71. The van der Waals surface area contributed by atoms with Crippen LogP contribution < -0.4 is 0 Å². The monoisotopic (exact) mass is 338 g/mol. The molecule has 0 radical (unpaired) electrons. The van der Waals surface area contributed by atoms with Gasteiger partial charge in [0.2, 0.25) is 0 Å². The first-order chi connectivity index (χ1) is 11.8. The third-order valence-electron chi connectivity index (χ3n) is 4.52. The van der Waals surface area contributed by atoms with Crippen LogP contribution in [0.15, 0.2) is 42.1 Å². The summed E-state index contributed by atoms with van der Waals surface area (Å²) in [6.07, 6.45) is 8.21. The fourth-order valence-corrected chi connectivity index (χ4v) is 4.23. The molecule has 0 spiro atoms. The van der Waals surface area contributed by atoms with Crippen molar-refractivity contribution in [3.05, 3.63) is 53.9 Å². The molecule has 0 amide bonds. The Labute approximate surface area is 147 Å². The summed E-state index contributed by atoms with van der Waals surface area (Å²) in [6.45, 7) is 4.62. The lowest BCUT2D eigenvalue weighted by molar-refractivity contribution is 0.415. The Bertz CT molecular complexity index is 738. The summed E-state index contributed by atoms with van der Waals surface area (Å²) in [4.78, 5) is 0. The lowest BCUT2D eigenvalue weighted by Gasteiger charge is -2.21. The van der Waals surface area contributed by atoms with Crippen molar-refractivity contribution in [2.45, 2.75) is 55.5 Å². The van der Waals surface area contributed by atoms with Crippen LogP contribution in [0.4, 0.5) is 0 Å². The number of hydrogen-bond acceptors (Lipinski definition) is 4. The molecule has 1 aliphatic rings. The van der Waals surface area contributed by atoms with Crippen LogP contribution in [0, 0.1) is 11.3 Å². The van der Waals surface area contributed by atoms with E-state index in [1.807, 2.05) is 30.3 Å². The maximum atomic E-state index is 9.22. The average molecular weight is 338 g/mol. The van der Waals surface area contributed by atoms with Crippen molar-refractivity contribution in [1.82, 2.24) is 14.8 Å². The Hall–Kier alpha value is -2.06. The molecule has 0 saturated heterocycles. The summed E-state index contributed by atoms with van der Waals surface area (Å²) >= 11 is 1.64. The van der Waals surface area contributed by atoms with E-state index in [9.17, 15) is 5.26 Å². The van der Waals surface area contributed by atoms with Gasteiger partial charge in [-0.15, -0.1) is 16.8 Å². The SMILES string of the molecule is C=CCn1c(SCc2ccccc2C#N)nnc1C1CCCCC1. The second-order valence-corrected chi connectivity index (χ2v) is 7.08. The third-order valence-corrected chi connectivity index (χ3v) is 5.54. The predicted molar refractivity (Wildman–Crippen MR) is 96.8 cm³/mol. The molecular weight excluding hydrogens is 316 g/mol. The fraction of sp³-hybridized carbons (Fsp3) is 0.421. The van der Waals surface area contributed by atoms with Gasteiger partial charge < -0.3 is 4.57 Å². The van der Waals surface area contributed by atoms with E-state index in [0.29, 0.717) is 5.92 Å². The van der Waals surface area contributed by atoms with Crippen LogP contribution in [0.1, 0.15) is 55.0 Å².